The first-order valence-corrected chi connectivity index (χ1v) is 7.68. The molecule has 3 N–H and O–H groups in total. The highest BCUT2D eigenvalue weighted by molar-refractivity contribution is 6.04. The van der Waals surface area contributed by atoms with E-state index in [0.717, 1.165) is 10.8 Å². The first kappa shape index (κ1) is 16.5. The Kier molecular flexibility index (Phi) is 4.38. The fourth-order valence-corrected chi connectivity index (χ4v) is 2.48. The standard InChI is InChI=1S/C18H17N3O4/c1-10-15(16(19)25-21-10)18(23)24-11(2)17(22)20-14-9-5-7-12-6-3-4-8-13(12)14/h3-9,11H,19H2,1-2H3,(H,20,22)/t11-/m1/s1. The summed E-state index contributed by atoms with van der Waals surface area (Å²) in [6.45, 7) is 3.05. The second kappa shape index (κ2) is 6.64. The number of rotatable bonds is 4. The van der Waals surface area contributed by atoms with E-state index in [1.807, 2.05) is 36.4 Å². The zero-order valence-electron chi connectivity index (χ0n) is 13.8. The summed E-state index contributed by atoms with van der Waals surface area (Å²) in [7, 11) is 0. The average Bonchev–Trinajstić information content (AvgIpc) is 2.93. The summed E-state index contributed by atoms with van der Waals surface area (Å²) in [5, 5.41) is 8.27. The van der Waals surface area contributed by atoms with Crippen LogP contribution in [0.5, 0.6) is 0 Å². The van der Waals surface area contributed by atoms with Gasteiger partial charge in [0.15, 0.2) is 6.10 Å². The maximum Gasteiger partial charge on any atom is 0.346 e. The van der Waals surface area contributed by atoms with Crippen molar-refractivity contribution < 1.29 is 18.8 Å². The summed E-state index contributed by atoms with van der Waals surface area (Å²) >= 11 is 0. The molecule has 7 heteroatoms. The number of hydrogen-bond donors (Lipinski definition) is 2. The number of amides is 1. The molecule has 0 aliphatic carbocycles. The number of hydrogen-bond acceptors (Lipinski definition) is 6. The summed E-state index contributed by atoms with van der Waals surface area (Å²) in [5.41, 5.74) is 6.54. The maximum atomic E-state index is 12.4. The van der Waals surface area contributed by atoms with E-state index in [1.54, 1.807) is 13.0 Å². The molecule has 3 aromatic rings. The van der Waals surface area contributed by atoms with E-state index in [4.69, 9.17) is 15.0 Å². The van der Waals surface area contributed by atoms with Gasteiger partial charge in [0.1, 0.15) is 5.56 Å². The van der Waals surface area contributed by atoms with Crippen LogP contribution in [0.2, 0.25) is 0 Å². The highest BCUT2D eigenvalue weighted by Crippen LogP contribution is 2.23. The third-order valence-electron chi connectivity index (χ3n) is 3.79. The van der Waals surface area contributed by atoms with Gasteiger partial charge in [-0.15, -0.1) is 0 Å². The number of benzene rings is 2. The lowest BCUT2D eigenvalue weighted by atomic mass is 10.1. The van der Waals surface area contributed by atoms with Gasteiger partial charge in [0.05, 0.1) is 5.69 Å². The van der Waals surface area contributed by atoms with E-state index in [9.17, 15) is 9.59 Å². The molecule has 1 atom stereocenters. The van der Waals surface area contributed by atoms with Crippen LogP contribution in [0.4, 0.5) is 11.6 Å². The molecular weight excluding hydrogens is 322 g/mol. The lowest BCUT2D eigenvalue weighted by Gasteiger charge is -2.14. The Morgan fingerprint density at radius 2 is 1.92 bits per heavy atom. The van der Waals surface area contributed by atoms with Crippen LogP contribution in [0.3, 0.4) is 0 Å². The molecule has 2 aromatic carbocycles. The monoisotopic (exact) mass is 339 g/mol. The quantitative estimate of drug-likeness (QED) is 0.708. The molecule has 1 heterocycles. The van der Waals surface area contributed by atoms with Gasteiger partial charge in [-0.2, -0.15) is 0 Å². The molecule has 0 fully saturated rings. The van der Waals surface area contributed by atoms with Crippen molar-refractivity contribution in [2.24, 2.45) is 0 Å². The summed E-state index contributed by atoms with van der Waals surface area (Å²) < 4.78 is 9.90. The molecule has 0 radical (unpaired) electrons. The lowest BCUT2D eigenvalue weighted by molar-refractivity contribution is -0.123. The normalized spacial score (nSPS) is 11.9. The Morgan fingerprint density at radius 3 is 2.64 bits per heavy atom. The largest absolute Gasteiger partial charge is 0.449 e. The molecular formula is C18H17N3O4. The van der Waals surface area contributed by atoms with Crippen LogP contribution in [0.15, 0.2) is 47.0 Å². The molecule has 0 spiro atoms. The Labute approximate surface area is 143 Å². The molecule has 3 rings (SSSR count). The van der Waals surface area contributed by atoms with Gasteiger partial charge >= 0.3 is 5.97 Å². The molecule has 25 heavy (non-hydrogen) atoms. The summed E-state index contributed by atoms with van der Waals surface area (Å²) in [6.07, 6.45) is -1.01. The Morgan fingerprint density at radius 1 is 1.20 bits per heavy atom. The van der Waals surface area contributed by atoms with Gasteiger partial charge in [0.25, 0.3) is 5.91 Å². The maximum absolute atomic E-state index is 12.4. The number of ether oxygens (including phenoxy) is 1. The van der Waals surface area contributed by atoms with Crippen LogP contribution in [0.1, 0.15) is 23.0 Å². The molecule has 7 nitrogen and oxygen atoms in total. The molecule has 0 aliphatic heterocycles. The number of carbonyl (C=O) groups excluding carboxylic acids is 2. The van der Waals surface area contributed by atoms with Crippen molar-refractivity contribution in [3.63, 3.8) is 0 Å². The van der Waals surface area contributed by atoms with Crippen molar-refractivity contribution >= 4 is 34.2 Å². The van der Waals surface area contributed by atoms with E-state index < -0.39 is 18.0 Å². The van der Waals surface area contributed by atoms with Gasteiger partial charge in [-0.1, -0.05) is 41.6 Å². The molecule has 0 saturated heterocycles. The summed E-state index contributed by atoms with van der Waals surface area (Å²) in [5.74, 6) is -1.33. The minimum atomic E-state index is -1.01. The zero-order chi connectivity index (χ0) is 18.0. The van der Waals surface area contributed by atoms with Gasteiger partial charge in [0.2, 0.25) is 5.88 Å². The van der Waals surface area contributed by atoms with Crippen LogP contribution in [0, 0.1) is 6.92 Å². The van der Waals surface area contributed by atoms with Gasteiger partial charge in [0, 0.05) is 11.1 Å². The van der Waals surface area contributed by atoms with Crippen LogP contribution >= 0.6 is 0 Å². The number of esters is 1. The zero-order valence-corrected chi connectivity index (χ0v) is 13.8. The van der Waals surface area contributed by atoms with Crippen LogP contribution < -0.4 is 11.1 Å². The first-order chi connectivity index (χ1) is 12.0. The van der Waals surface area contributed by atoms with Crippen molar-refractivity contribution in [3.05, 3.63) is 53.7 Å². The van der Waals surface area contributed by atoms with E-state index in [1.165, 1.54) is 6.92 Å². The molecule has 128 valence electrons. The number of carbonyl (C=O) groups is 2. The number of nitrogens with two attached hydrogens (primary N) is 1. The minimum Gasteiger partial charge on any atom is -0.449 e. The average molecular weight is 339 g/mol. The molecule has 1 amide bonds. The number of fused-ring (bicyclic) bond motifs is 1. The minimum absolute atomic E-state index is 0.0322. The first-order valence-electron chi connectivity index (χ1n) is 7.68. The third kappa shape index (κ3) is 3.30. The Balaban J connectivity index is 1.73. The van der Waals surface area contributed by atoms with Gasteiger partial charge < -0.3 is 20.3 Å². The SMILES string of the molecule is Cc1noc(N)c1C(=O)O[C@H](C)C(=O)Nc1cccc2ccccc12. The number of nitrogen functional groups attached to an aromatic ring is 1. The molecule has 0 bridgehead atoms. The molecule has 0 unspecified atom stereocenters. The second-order valence-electron chi connectivity index (χ2n) is 5.57. The fraction of sp³-hybridized carbons (Fsp3) is 0.167. The number of anilines is 2. The highest BCUT2D eigenvalue weighted by atomic mass is 16.5. The summed E-state index contributed by atoms with van der Waals surface area (Å²) in [6, 6.07) is 13.2. The number of aromatic nitrogens is 1. The molecule has 0 aliphatic rings. The van der Waals surface area contributed by atoms with Gasteiger partial charge in [-0.05, 0) is 25.3 Å². The summed E-state index contributed by atoms with van der Waals surface area (Å²) in [4.78, 5) is 24.5. The van der Waals surface area contributed by atoms with Crippen molar-refractivity contribution in [3.8, 4) is 0 Å². The van der Waals surface area contributed by atoms with Gasteiger partial charge in [-0.25, -0.2) is 4.79 Å². The lowest BCUT2D eigenvalue weighted by Crippen LogP contribution is -2.30. The van der Waals surface area contributed by atoms with Crippen LogP contribution in [-0.4, -0.2) is 23.1 Å². The van der Waals surface area contributed by atoms with Crippen molar-refractivity contribution in [2.45, 2.75) is 20.0 Å². The van der Waals surface area contributed by atoms with Crippen molar-refractivity contribution in [1.29, 1.82) is 0 Å². The van der Waals surface area contributed by atoms with Crippen molar-refractivity contribution in [2.75, 3.05) is 11.1 Å². The van der Waals surface area contributed by atoms with E-state index in [0.29, 0.717) is 11.4 Å². The highest BCUT2D eigenvalue weighted by Gasteiger charge is 2.25. The third-order valence-corrected chi connectivity index (χ3v) is 3.79. The van der Waals surface area contributed by atoms with Gasteiger partial charge in [-0.3, -0.25) is 4.79 Å². The predicted octanol–water partition coefficient (Wildman–Crippen LogP) is 2.90. The number of aryl methyl sites for hydroxylation is 1. The van der Waals surface area contributed by atoms with E-state index in [-0.39, 0.29) is 11.4 Å². The Bertz CT molecular complexity index is 924. The second-order valence-corrected chi connectivity index (χ2v) is 5.57. The topological polar surface area (TPSA) is 107 Å². The smallest absolute Gasteiger partial charge is 0.346 e. The van der Waals surface area contributed by atoms with Crippen LogP contribution in [0.25, 0.3) is 10.8 Å². The van der Waals surface area contributed by atoms with Crippen LogP contribution in [-0.2, 0) is 9.53 Å². The van der Waals surface area contributed by atoms with Crippen molar-refractivity contribution in [1.82, 2.24) is 5.16 Å². The van der Waals surface area contributed by atoms with E-state index in [2.05, 4.69) is 10.5 Å². The number of nitrogens with zero attached hydrogens (tertiary/aromatic N) is 1. The Hall–Kier alpha value is -3.35. The molecule has 1 aromatic heterocycles. The molecule has 0 saturated carbocycles. The fourth-order valence-electron chi connectivity index (χ4n) is 2.48. The predicted molar refractivity (Wildman–Crippen MR) is 93.1 cm³/mol. The van der Waals surface area contributed by atoms with E-state index >= 15 is 0 Å². The number of nitrogens with one attached hydrogen (secondary N) is 1.